The molecule has 0 N–H and O–H groups in total. The van der Waals surface area contributed by atoms with Crippen LogP contribution in [0.2, 0.25) is 0 Å². The second-order valence-corrected chi connectivity index (χ2v) is 8.45. The van der Waals surface area contributed by atoms with E-state index in [-0.39, 0.29) is 36.7 Å². The number of carbonyl (C=O) groups excluding carboxylic acids is 2. The van der Waals surface area contributed by atoms with Crippen molar-refractivity contribution in [1.29, 1.82) is 0 Å². The highest BCUT2D eigenvalue weighted by Crippen LogP contribution is 2.35. The number of hydrogen-bond donors (Lipinski definition) is 0. The van der Waals surface area contributed by atoms with Gasteiger partial charge >= 0.3 is 11.9 Å². The van der Waals surface area contributed by atoms with E-state index < -0.39 is 5.91 Å². The van der Waals surface area contributed by atoms with Crippen LogP contribution in [0.4, 0.5) is 0 Å². The molecular formula is C24H20N2O7S. The van der Waals surface area contributed by atoms with E-state index in [0.717, 1.165) is 16.3 Å². The van der Waals surface area contributed by atoms with Gasteiger partial charge in [0, 0.05) is 24.7 Å². The summed E-state index contributed by atoms with van der Waals surface area (Å²) in [5, 5.41) is 0.385. The summed E-state index contributed by atoms with van der Waals surface area (Å²) in [6.07, 6.45) is 0.0978. The fourth-order valence-corrected chi connectivity index (χ4v) is 4.76. The first-order valence-electron chi connectivity index (χ1n) is 10.7. The van der Waals surface area contributed by atoms with Gasteiger partial charge in [0.2, 0.25) is 0 Å². The van der Waals surface area contributed by atoms with E-state index >= 15 is 0 Å². The second kappa shape index (κ2) is 9.14. The molecule has 9 nitrogen and oxygen atoms in total. The Balaban J connectivity index is 1.60. The molecule has 2 aromatic heterocycles. The third-order valence-corrected chi connectivity index (χ3v) is 6.28. The molecule has 0 radical (unpaired) electrons. The summed E-state index contributed by atoms with van der Waals surface area (Å²) in [4.78, 5) is 42.0. The molecule has 5 rings (SSSR count). The molecule has 0 unspecified atom stereocenters. The monoisotopic (exact) mass is 480 g/mol. The summed E-state index contributed by atoms with van der Waals surface area (Å²) in [7, 11) is 0. The van der Waals surface area contributed by atoms with Crippen molar-refractivity contribution >= 4 is 44.4 Å². The predicted molar refractivity (Wildman–Crippen MR) is 124 cm³/mol. The van der Waals surface area contributed by atoms with Gasteiger partial charge in [0.25, 0.3) is 0 Å². The van der Waals surface area contributed by atoms with Gasteiger partial charge in [-0.05, 0) is 19.1 Å². The summed E-state index contributed by atoms with van der Waals surface area (Å²) in [6, 6.07) is 11.5. The SMILES string of the molecule is CCOC(=O)CCn1c(=NC(=O)c2cc(=O)c3ccccc3o2)sc2cc3c(cc21)OCCO3. The molecule has 0 saturated heterocycles. The Morgan fingerprint density at radius 2 is 1.88 bits per heavy atom. The maximum atomic E-state index is 13.0. The van der Waals surface area contributed by atoms with Crippen LogP contribution < -0.4 is 19.7 Å². The third kappa shape index (κ3) is 4.19. The van der Waals surface area contributed by atoms with Gasteiger partial charge in [0.05, 0.1) is 28.6 Å². The molecule has 1 aliphatic heterocycles. The Hall–Kier alpha value is -3.92. The Morgan fingerprint density at radius 1 is 1.12 bits per heavy atom. The molecule has 34 heavy (non-hydrogen) atoms. The minimum Gasteiger partial charge on any atom is -0.486 e. The van der Waals surface area contributed by atoms with Gasteiger partial charge in [0.15, 0.2) is 27.5 Å². The zero-order valence-corrected chi connectivity index (χ0v) is 19.1. The van der Waals surface area contributed by atoms with Crippen molar-refractivity contribution in [2.75, 3.05) is 19.8 Å². The third-order valence-electron chi connectivity index (χ3n) is 5.23. The van der Waals surface area contributed by atoms with E-state index in [2.05, 4.69) is 4.99 Å². The van der Waals surface area contributed by atoms with Gasteiger partial charge < -0.3 is 23.2 Å². The first-order chi connectivity index (χ1) is 16.5. The number of para-hydroxylation sites is 1. The van der Waals surface area contributed by atoms with Crippen LogP contribution in [0.1, 0.15) is 23.9 Å². The minimum absolute atomic E-state index is 0.0978. The number of nitrogens with zero attached hydrogens (tertiary/aromatic N) is 2. The second-order valence-electron chi connectivity index (χ2n) is 7.44. The summed E-state index contributed by atoms with van der Waals surface area (Å²) < 4.78 is 24.6. The van der Waals surface area contributed by atoms with Crippen molar-refractivity contribution in [3.63, 3.8) is 0 Å². The fourth-order valence-electron chi connectivity index (χ4n) is 3.70. The van der Waals surface area contributed by atoms with Crippen LogP contribution in [0, 0.1) is 0 Å². The summed E-state index contributed by atoms with van der Waals surface area (Å²) in [5.41, 5.74) is 0.723. The number of carbonyl (C=O) groups is 2. The van der Waals surface area contributed by atoms with Gasteiger partial charge in [-0.25, -0.2) is 0 Å². The number of esters is 1. The van der Waals surface area contributed by atoms with E-state index in [0.29, 0.717) is 40.5 Å². The van der Waals surface area contributed by atoms with E-state index in [1.807, 2.05) is 12.1 Å². The topological polar surface area (TPSA) is 109 Å². The molecule has 174 valence electrons. The summed E-state index contributed by atoms with van der Waals surface area (Å²) in [6.45, 7) is 3.15. The number of hydrogen-bond acceptors (Lipinski definition) is 8. The largest absolute Gasteiger partial charge is 0.486 e. The van der Waals surface area contributed by atoms with Gasteiger partial charge in [-0.3, -0.25) is 14.4 Å². The van der Waals surface area contributed by atoms with Crippen molar-refractivity contribution in [2.24, 2.45) is 4.99 Å². The van der Waals surface area contributed by atoms with Crippen LogP contribution in [-0.4, -0.2) is 36.3 Å². The lowest BCUT2D eigenvalue weighted by molar-refractivity contribution is -0.143. The standard InChI is InChI=1S/C24H20N2O7S/c1-2-30-22(28)7-8-26-15-11-18-19(32-10-9-31-18)13-21(15)34-24(26)25-23(29)20-12-16(27)14-5-3-4-6-17(14)33-20/h3-6,11-13H,2,7-10H2,1H3. The predicted octanol–water partition coefficient (Wildman–Crippen LogP) is 3.27. The van der Waals surface area contributed by atoms with Gasteiger partial charge in [0.1, 0.15) is 18.8 Å². The molecule has 10 heteroatoms. The molecule has 1 amide bonds. The number of thiazole rings is 1. The van der Waals surface area contributed by atoms with Crippen molar-refractivity contribution in [1.82, 2.24) is 4.57 Å². The lowest BCUT2D eigenvalue weighted by Crippen LogP contribution is -2.20. The van der Waals surface area contributed by atoms with E-state index in [4.69, 9.17) is 18.6 Å². The van der Waals surface area contributed by atoms with Gasteiger partial charge in [-0.1, -0.05) is 23.5 Å². The molecule has 0 saturated carbocycles. The molecule has 1 aliphatic rings. The van der Waals surface area contributed by atoms with Crippen molar-refractivity contribution < 1.29 is 28.2 Å². The molecular weight excluding hydrogens is 460 g/mol. The number of amides is 1. The molecule has 0 atom stereocenters. The van der Waals surface area contributed by atoms with E-state index in [9.17, 15) is 14.4 Å². The molecule has 0 spiro atoms. The molecule has 0 bridgehead atoms. The van der Waals surface area contributed by atoms with Crippen LogP contribution in [0.3, 0.4) is 0 Å². The lowest BCUT2D eigenvalue weighted by atomic mass is 10.2. The lowest BCUT2D eigenvalue weighted by Gasteiger charge is -2.18. The maximum Gasteiger partial charge on any atom is 0.315 e. The zero-order chi connectivity index (χ0) is 23.7. The van der Waals surface area contributed by atoms with Crippen LogP contribution in [0.15, 0.2) is 56.7 Å². The van der Waals surface area contributed by atoms with E-state index in [1.54, 1.807) is 35.8 Å². The number of rotatable bonds is 5. The van der Waals surface area contributed by atoms with Crippen LogP contribution in [0.5, 0.6) is 11.5 Å². The summed E-state index contributed by atoms with van der Waals surface area (Å²) in [5.74, 6) is -0.0268. The normalized spacial score (nSPS) is 13.4. The maximum absolute atomic E-state index is 13.0. The number of fused-ring (bicyclic) bond motifs is 3. The summed E-state index contributed by atoms with van der Waals surface area (Å²) >= 11 is 1.26. The van der Waals surface area contributed by atoms with Crippen LogP contribution >= 0.6 is 11.3 Å². The Bertz CT molecular complexity index is 1550. The Labute approximate surface area is 196 Å². The number of benzene rings is 2. The molecule has 0 aliphatic carbocycles. The van der Waals surface area contributed by atoms with Crippen molar-refractivity contribution in [3.8, 4) is 11.5 Å². The molecule has 3 heterocycles. The van der Waals surface area contributed by atoms with Crippen LogP contribution in [0.25, 0.3) is 21.2 Å². The fraction of sp³-hybridized carbons (Fsp3) is 0.250. The first kappa shape index (κ1) is 21.9. The Kier molecular flexibility index (Phi) is 5.89. The van der Waals surface area contributed by atoms with Crippen molar-refractivity contribution in [2.45, 2.75) is 19.9 Å². The number of aromatic nitrogens is 1. The quantitative estimate of drug-likeness (QED) is 0.403. The van der Waals surface area contributed by atoms with Gasteiger partial charge in [-0.2, -0.15) is 4.99 Å². The average molecular weight is 480 g/mol. The smallest absolute Gasteiger partial charge is 0.315 e. The molecule has 0 fully saturated rings. The minimum atomic E-state index is -0.698. The van der Waals surface area contributed by atoms with Crippen LogP contribution in [-0.2, 0) is 16.1 Å². The Morgan fingerprint density at radius 3 is 2.68 bits per heavy atom. The zero-order valence-electron chi connectivity index (χ0n) is 18.2. The highest BCUT2D eigenvalue weighted by atomic mass is 32.1. The highest BCUT2D eigenvalue weighted by Gasteiger charge is 2.18. The van der Waals surface area contributed by atoms with E-state index in [1.165, 1.54) is 11.3 Å². The molecule has 4 aromatic rings. The van der Waals surface area contributed by atoms with Gasteiger partial charge in [-0.15, -0.1) is 0 Å². The molecule has 2 aromatic carbocycles. The van der Waals surface area contributed by atoms with Crippen molar-refractivity contribution in [3.05, 3.63) is 63.2 Å². The first-order valence-corrected chi connectivity index (χ1v) is 11.6. The number of aryl methyl sites for hydroxylation is 1. The average Bonchev–Trinajstić information content (AvgIpc) is 3.17. The number of ether oxygens (including phenoxy) is 3. The highest BCUT2D eigenvalue weighted by molar-refractivity contribution is 7.16.